The summed E-state index contributed by atoms with van der Waals surface area (Å²) in [5.74, 6) is 0. The summed E-state index contributed by atoms with van der Waals surface area (Å²) in [5, 5.41) is 4.94. The average molecular weight is 485 g/mol. The van der Waals surface area contributed by atoms with Crippen molar-refractivity contribution in [3.05, 3.63) is 146 Å². The molecule has 0 aliphatic rings. The molecule has 2 aromatic heterocycles. The van der Waals surface area contributed by atoms with E-state index < -0.39 is 0 Å². The van der Waals surface area contributed by atoms with Gasteiger partial charge < -0.3 is 0 Å². The Morgan fingerprint density at radius 3 is 1.13 bits per heavy atom. The fourth-order valence-electron chi connectivity index (χ4n) is 5.49. The molecule has 0 saturated carbocycles. The van der Waals surface area contributed by atoms with E-state index in [4.69, 9.17) is 0 Å². The molecule has 7 aromatic rings. The van der Waals surface area contributed by atoms with Gasteiger partial charge in [0.1, 0.15) is 0 Å². The van der Waals surface area contributed by atoms with E-state index in [-0.39, 0.29) is 0 Å². The largest absolute Gasteiger partial charge is 0.264 e. The molecule has 7 rings (SSSR count). The highest BCUT2D eigenvalue weighted by Crippen LogP contribution is 2.45. The Morgan fingerprint density at radius 1 is 0.316 bits per heavy atom. The van der Waals surface area contributed by atoms with Crippen LogP contribution in [0.15, 0.2) is 146 Å². The Labute approximate surface area is 221 Å². The molecule has 0 amide bonds. The van der Waals surface area contributed by atoms with Gasteiger partial charge in [-0.2, -0.15) is 0 Å². The second kappa shape index (κ2) is 9.42. The molecule has 0 fully saturated rings. The molecular weight excluding hydrogens is 460 g/mol. The first-order valence-electron chi connectivity index (χ1n) is 12.8. The van der Waals surface area contributed by atoms with Gasteiger partial charge in [-0.15, -0.1) is 0 Å². The summed E-state index contributed by atoms with van der Waals surface area (Å²) in [6.45, 7) is 0. The smallest absolute Gasteiger partial charge is 0.0346 e. The highest BCUT2D eigenvalue weighted by molar-refractivity contribution is 6.22. The maximum absolute atomic E-state index is 4.37. The summed E-state index contributed by atoms with van der Waals surface area (Å²) < 4.78 is 0. The fourth-order valence-corrected chi connectivity index (χ4v) is 5.49. The van der Waals surface area contributed by atoms with E-state index in [1.807, 2.05) is 36.9 Å². The number of aromatic nitrogens is 2. The molecule has 0 saturated heterocycles. The normalized spacial score (nSPS) is 11.2. The zero-order valence-electron chi connectivity index (χ0n) is 20.8. The first kappa shape index (κ1) is 22.1. The van der Waals surface area contributed by atoms with E-state index >= 15 is 0 Å². The summed E-state index contributed by atoms with van der Waals surface area (Å²) in [6, 6.07) is 43.4. The molecule has 0 spiro atoms. The van der Waals surface area contributed by atoms with Crippen LogP contribution in [0.4, 0.5) is 0 Å². The quantitative estimate of drug-likeness (QED) is 0.233. The van der Waals surface area contributed by atoms with Crippen LogP contribution in [0.3, 0.4) is 0 Å². The van der Waals surface area contributed by atoms with Gasteiger partial charge in [0, 0.05) is 35.9 Å². The Balaban J connectivity index is 1.64. The fraction of sp³-hybridized carbons (Fsp3) is 0. The number of fused-ring (bicyclic) bond motifs is 2. The van der Waals surface area contributed by atoms with Crippen molar-refractivity contribution in [2.75, 3.05) is 0 Å². The molecule has 5 aromatic carbocycles. The summed E-state index contributed by atoms with van der Waals surface area (Å²) >= 11 is 0. The van der Waals surface area contributed by atoms with Gasteiger partial charge in [0.15, 0.2) is 0 Å². The molecule has 0 atom stereocenters. The van der Waals surface area contributed by atoms with Crippen LogP contribution in [0.25, 0.3) is 66.1 Å². The number of nitrogens with zero attached hydrogens (tertiary/aromatic N) is 2. The predicted molar refractivity (Wildman–Crippen MR) is 159 cm³/mol. The number of benzene rings is 5. The Kier molecular flexibility index (Phi) is 5.49. The maximum atomic E-state index is 4.37. The van der Waals surface area contributed by atoms with Crippen LogP contribution >= 0.6 is 0 Å². The number of rotatable bonds is 4. The van der Waals surface area contributed by atoms with Gasteiger partial charge in [0.2, 0.25) is 0 Å². The third-order valence-electron chi connectivity index (χ3n) is 7.23. The zero-order chi connectivity index (χ0) is 25.3. The molecule has 0 bridgehead atoms. The molecule has 2 heterocycles. The molecule has 0 radical (unpaired) electrons. The molecular formula is C36H24N2. The standard InChI is InChI=1S/C36H24N2/c1-3-9-25(10-4-1)35-31-17-15-28(30-14-8-20-38-24-30)22-34(31)36(26-11-5-2-6-12-26)32-18-16-27(21-33(32)35)29-13-7-19-37-23-29/h1-24H. The molecule has 0 aliphatic heterocycles. The van der Waals surface area contributed by atoms with E-state index in [2.05, 4.69) is 119 Å². The molecule has 0 N–H and O–H groups in total. The van der Waals surface area contributed by atoms with Crippen LogP contribution in [0.2, 0.25) is 0 Å². The second-order valence-electron chi connectivity index (χ2n) is 9.49. The van der Waals surface area contributed by atoms with Crippen molar-refractivity contribution in [3.8, 4) is 44.5 Å². The van der Waals surface area contributed by atoms with E-state index in [0.29, 0.717) is 0 Å². The van der Waals surface area contributed by atoms with Crippen LogP contribution in [-0.2, 0) is 0 Å². The van der Waals surface area contributed by atoms with Crippen LogP contribution < -0.4 is 0 Å². The monoisotopic (exact) mass is 484 g/mol. The van der Waals surface area contributed by atoms with Gasteiger partial charge in [-0.1, -0.05) is 97.1 Å². The molecule has 2 heteroatoms. The van der Waals surface area contributed by atoms with Gasteiger partial charge in [0.25, 0.3) is 0 Å². The lowest BCUT2D eigenvalue weighted by Gasteiger charge is -2.19. The number of hydrogen-bond acceptors (Lipinski definition) is 2. The van der Waals surface area contributed by atoms with Crippen LogP contribution in [-0.4, -0.2) is 9.97 Å². The topological polar surface area (TPSA) is 25.8 Å². The number of hydrogen-bond donors (Lipinski definition) is 0. The van der Waals surface area contributed by atoms with Crippen molar-refractivity contribution in [1.29, 1.82) is 0 Å². The zero-order valence-corrected chi connectivity index (χ0v) is 20.8. The SMILES string of the molecule is c1ccc(-c2c3ccc(-c4cccnc4)cc3c(-c3ccccc3)c3ccc(-c4cccnc4)cc23)cc1. The minimum atomic E-state index is 1.11. The van der Waals surface area contributed by atoms with Gasteiger partial charge in [-0.3, -0.25) is 9.97 Å². The Bertz CT molecular complexity index is 1740. The average Bonchev–Trinajstić information content (AvgIpc) is 3.01. The lowest BCUT2D eigenvalue weighted by atomic mass is 9.84. The summed E-state index contributed by atoms with van der Waals surface area (Å²) in [4.78, 5) is 8.74. The summed E-state index contributed by atoms with van der Waals surface area (Å²) in [5.41, 5.74) is 9.46. The lowest BCUT2D eigenvalue weighted by Crippen LogP contribution is -1.92. The highest BCUT2D eigenvalue weighted by atomic mass is 14.6. The van der Waals surface area contributed by atoms with Gasteiger partial charge in [-0.05, 0) is 79.2 Å². The van der Waals surface area contributed by atoms with Gasteiger partial charge in [-0.25, -0.2) is 0 Å². The minimum Gasteiger partial charge on any atom is -0.264 e. The van der Waals surface area contributed by atoms with Crippen LogP contribution in [0.1, 0.15) is 0 Å². The van der Waals surface area contributed by atoms with E-state index in [1.54, 1.807) is 0 Å². The predicted octanol–water partition coefficient (Wildman–Crippen LogP) is 9.45. The van der Waals surface area contributed by atoms with Crippen molar-refractivity contribution >= 4 is 21.5 Å². The second-order valence-corrected chi connectivity index (χ2v) is 9.49. The Morgan fingerprint density at radius 2 is 0.737 bits per heavy atom. The Hall–Kier alpha value is -5.08. The third kappa shape index (κ3) is 3.84. The summed E-state index contributed by atoms with van der Waals surface area (Å²) in [6.07, 6.45) is 7.51. The van der Waals surface area contributed by atoms with Crippen LogP contribution in [0, 0.1) is 0 Å². The lowest BCUT2D eigenvalue weighted by molar-refractivity contribution is 1.33. The molecule has 0 unspecified atom stereocenters. The van der Waals surface area contributed by atoms with Gasteiger partial charge in [0.05, 0.1) is 0 Å². The first-order valence-corrected chi connectivity index (χ1v) is 12.8. The molecule has 178 valence electrons. The molecule has 2 nitrogen and oxygen atoms in total. The summed E-state index contributed by atoms with van der Waals surface area (Å²) in [7, 11) is 0. The van der Waals surface area contributed by atoms with Crippen molar-refractivity contribution in [3.63, 3.8) is 0 Å². The van der Waals surface area contributed by atoms with Crippen molar-refractivity contribution < 1.29 is 0 Å². The molecule has 38 heavy (non-hydrogen) atoms. The first-order chi connectivity index (χ1) is 18.9. The maximum Gasteiger partial charge on any atom is 0.0346 e. The minimum absolute atomic E-state index is 1.11. The third-order valence-corrected chi connectivity index (χ3v) is 7.23. The van der Waals surface area contributed by atoms with Crippen molar-refractivity contribution in [2.45, 2.75) is 0 Å². The van der Waals surface area contributed by atoms with Crippen molar-refractivity contribution in [1.82, 2.24) is 9.97 Å². The van der Waals surface area contributed by atoms with Crippen LogP contribution in [0.5, 0.6) is 0 Å². The number of pyridine rings is 2. The van der Waals surface area contributed by atoms with Gasteiger partial charge >= 0.3 is 0 Å². The van der Waals surface area contributed by atoms with E-state index in [1.165, 1.54) is 43.8 Å². The highest BCUT2D eigenvalue weighted by Gasteiger charge is 2.18. The van der Waals surface area contributed by atoms with E-state index in [0.717, 1.165) is 22.3 Å². The van der Waals surface area contributed by atoms with Crippen molar-refractivity contribution in [2.24, 2.45) is 0 Å². The van der Waals surface area contributed by atoms with E-state index in [9.17, 15) is 0 Å². The molecule has 0 aliphatic carbocycles.